The third-order valence-electron chi connectivity index (χ3n) is 5.08. The molecule has 0 aliphatic heterocycles. The van der Waals surface area contributed by atoms with E-state index in [2.05, 4.69) is 41.5 Å². The van der Waals surface area contributed by atoms with Gasteiger partial charge in [0.1, 0.15) is 0 Å². The summed E-state index contributed by atoms with van der Waals surface area (Å²) in [7, 11) is 0. The van der Waals surface area contributed by atoms with Crippen molar-refractivity contribution in [2.75, 3.05) is 13.2 Å². The molecule has 0 radical (unpaired) electrons. The van der Waals surface area contributed by atoms with E-state index in [0.717, 1.165) is 38.5 Å². The van der Waals surface area contributed by atoms with Crippen LogP contribution in [0.1, 0.15) is 92.9 Å². The van der Waals surface area contributed by atoms with Crippen molar-refractivity contribution in [1.82, 2.24) is 0 Å². The molecule has 1 aliphatic carbocycles. The smallest absolute Gasteiger partial charge is 0.305 e. The van der Waals surface area contributed by atoms with E-state index in [0.29, 0.717) is 37.9 Å². The minimum atomic E-state index is -0.0742. The molecule has 0 spiro atoms. The van der Waals surface area contributed by atoms with Crippen LogP contribution >= 0.6 is 0 Å². The molecule has 4 nitrogen and oxygen atoms in total. The van der Waals surface area contributed by atoms with Gasteiger partial charge in [-0.15, -0.1) is 0 Å². The molecule has 1 fully saturated rings. The van der Waals surface area contributed by atoms with Gasteiger partial charge in [0, 0.05) is 12.8 Å². The summed E-state index contributed by atoms with van der Waals surface area (Å²) in [5.74, 6) is 0.771. The summed E-state index contributed by atoms with van der Waals surface area (Å²) in [6.07, 6.45) is 6.94. The van der Waals surface area contributed by atoms with E-state index in [1.165, 1.54) is 0 Å². The molecular formula is C22H40O4. The Hall–Kier alpha value is -1.06. The van der Waals surface area contributed by atoms with Gasteiger partial charge in [-0.2, -0.15) is 0 Å². The number of hydrogen-bond acceptors (Lipinski definition) is 4. The first-order chi connectivity index (χ1) is 11.9. The maximum absolute atomic E-state index is 11.8. The van der Waals surface area contributed by atoms with Crippen LogP contribution in [0.15, 0.2) is 0 Å². The molecule has 0 saturated heterocycles. The molecular weight excluding hydrogens is 328 g/mol. The topological polar surface area (TPSA) is 52.6 Å². The van der Waals surface area contributed by atoms with Crippen molar-refractivity contribution >= 4 is 11.9 Å². The maximum atomic E-state index is 11.8. The molecule has 0 aromatic heterocycles. The molecule has 0 atom stereocenters. The Morgan fingerprint density at radius 1 is 0.692 bits per heavy atom. The molecule has 4 heteroatoms. The minimum absolute atomic E-state index is 0.0742. The van der Waals surface area contributed by atoms with Gasteiger partial charge in [-0.05, 0) is 61.2 Å². The lowest BCUT2D eigenvalue weighted by Gasteiger charge is -2.28. The van der Waals surface area contributed by atoms with Crippen molar-refractivity contribution in [3.8, 4) is 0 Å². The first-order valence-electron chi connectivity index (χ1n) is 10.3. The maximum Gasteiger partial charge on any atom is 0.305 e. The van der Waals surface area contributed by atoms with Gasteiger partial charge in [0.05, 0.1) is 13.2 Å². The lowest BCUT2D eigenvalue weighted by molar-refractivity contribution is -0.148. The lowest BCUT2D eigenvalue weighted by Crippen LogP contribution is -2.24. The zero-order valence-corrected chi connectivity index (χ0v) is 17.9. The fraction of sp³-hybridized carbons (Fsp3) is 0.909. The molecule has 26 heavy (non-hydrogen) atoms. The summed E-state index contributed by atoms with van der Waals surface area (Å²) in [5, 5.41) is 0. The number of carbonyl (C=O) groups is 2. The van der Waals surface area contributed by atoms with Crippen molar-refractivity contribution in [2.24, 2.45) is 22.7 Å². The van der Waals surface area contributed by atoms with E-state index in [1.54, 1.807) is 0 Å². The van der Waals surface area contributed by atoms with Crippen LogP contribution in [0.25, 0.3) is 0 Å². The van der Waals surface area contributed by atoms with Crippen molar-refractivity contribution < 1.29 is 19.1 Å². The fourth-order valence-corrected chi connectivity index (χ4v) is 3.08. The highest BCUT2D eigenvalue weighted by molar-refractivity contribution is 5.69. The molecule has 1 saturated carbocycles. The Kier molecular flexibility index (Phi) is 9.12. The van der Waals surface area contributed by atoms with Crippen LogP contribution in [0.4, 0.5) is 0 Å². The Morgan fingerprint density at radius 2 is 1.00 bits per heavy atom. The van der Waals surface area contributed by atoms with Gasteiger partial charge in [0.25, 0.3) is 0 Å². The summed E-state index contributed by atoms with van der Waals surface area (Å²) < 4.78 is 10.9. The number of esters is 2. The zero-order valence-electron chi connectivity index (χ0n) is 17.9. The van der Waals surface area contributed by atoms with Gasteiger partial charge in [0.2, 0.25) is 0 Å². The molecule has 0 bridgehead atoms. The average molecular weight is 369 g/mol. The predicted octanol–water partition coefficient (Wildman–Crippen LogP) is 5.53. The monoisotopic (exact) mass is 368 g/mol. The normalized spacial score (nSPS) is 21.3. The lowest BCUT2D eigenvalue weighted by atomic mass is 9.83. The van der Waals surface area contributed by atoms with Crippen LogP contribution in [0, 0.1) is 22.7 Å². The van der Waals surface area contributed by atoms with Crippen LogP contribution < -0.4 is 0 Å². The zero-order chi connectivity index (χ0) is 19.8. The van der Waals surface area contributed by atoms with Crippen LogP contribution in [0.3, 0.4) is 0 Å². The average Bonchev–Trinajstić information content (AvgIpc) is 2.54. The van der Waals surface area contributed by atoms with E-state index in [9.17, 15) is 9.59 Å². The molecule has 0 N–H and O–H groups in total. The predicted molar refractivity (Wildman–Crippen MR) is 105 cm³/mol. The number of hydrogen-bond donors (Lipinski definition) is 0. The van der Waals surface area contributed by atoms with Gasteiger partial charge >= 0.3 is 11.9 Å². The SMILES string of the molecule is CC(C)(C)CCC(=O)OCC1CCC(COC(=O)CCC(C)(C)C)CC1. The van der Waals surface area contributed by atoms with Crippen LogP contribution in [-0.2, 0) is 19.1 Å². The van der Waals surface area contributed by atoms with Crippen molar-refractivity contribution in [3.63, 3.8) is 0 Å². The highest BCUT2D eigenvalue weighted by Crippen LogP contribution is 2.30. The third-order valence-corrected chi connectivity index (χ3v) is 5.08. The standard InChI is InChI=1S/C22H40O4/c1-21(2,3)13-11-19(23)25-15-17-7-9-18(10-8-17)16-26-20(24)12-14-22(4,5)6/h17-18H,7-16H2,1-6H3. The van der Waals surface area contributed by atoms with Gasteiger partial charge < -0.3 is 9.47 Å². The van der Waals surface area contributed by atoms with E-state index in [1.807, 2.05) is 0 Å². The minimum Gasteiger partial charge on any atom is -0.465 e. The van der Waals surface area contributed by atoms with Gasteiger partial charge in [-0.1, -0.05) is 41.5 Å². The van der Waals surface area contributed by atoms with E-state index in [-0.39, 0.29) is 22.8 Å². The van der Waals surface area contributed by atoms with Gasteiger partial charge in [-0.25, -0.2) is 0 Å². The Bertz CT molecular complexity index is 392. The number of rotatable bonds is 8. The van der Waals surface area contributed by atoms with Crippen LogP contribution in [0.2, 0.25) is 0 Å². The molecule has 0 unspecified atom stereocenters. The molecule has 152 valence electrons. The van der Waals surface area contributed by atoms with Crippen molar-refractivity contribution in [2.45, 2.75) is 92.9 Å². The second-order valence-corrected chi connectivity index (χ2v) is 10.4. The Balaban J connectivity index is 2.13. The van der Waals surface area contributed by atoms with Crippen molar-refractivity contribution in [3.05, 3.63) is 0 Å². The summed E-state index contributed by atoms with van der Waals surface area (Å²) in [6.45, 7) is 13.9. The fourth-order valence-electron chi connectivity index (χ4n) is 3.08. The molecule has 1 aliphatic rings. The Morgan fingerprint density at radius 3 is 1.27 bits per heavy atom. The number of carbonyl (C=O) groups excluding carboxylic acids is 2. The van der Waals surface area contributed by atoms with E-state index in [4.69, 9.17) is 9.47 Å². The molecule has 0 heterocycles. The first kappa shape index (κ1) is 23.0. The number of ether oxygens (including phenoxy) is 2. The van der Waals surface area contributed by atoms with Crippen molar-refractivity contribution in [1.29, 1.82) is 0 Å². The van der Waals surface area contributed by atoms with Gasteiger partial charge in [-0.3, -0.25) is 9.59 Å². The largest absolute Gasteiger partial charge is 0.465 e. The third kappa shape index (κ3) is 11.5. The molecule has 1 rings (SSSR count). The molecule has 0 aromatic carbocycles. The second kappa shape index (κ2) is 10.3. The van der Waals surface area contributed by atoms with Gasteiger partial charge in [0.15, 0.2) is 0 Å². The summed E-state index contributed by atoms with van der Waals surface area (Å²) in [4.78, 5) is 23.7. The molecule has 0 amide bonds. The highest BCUT2D eigenvalue weighted by atomic mass is 16.5. The van der Waals surface area contributed by atoms with Crippen LogP contribution in [0.5, 0.6) is 0 Å². The highest BCUT2D eigenvalue weighted by Gasteiger charge is 2.24. The summed E-state index contributed by atoms with van der Waals surface area (Å²) in [5.41, 5.74) is 0.336. The Labute approximate surface area is 160 Å². The van der Waals surface area contributed by atoms with E-state index >= 15 is 0 Å². The summed E-state index contributed by atoms with van der Waals surface area (Å²) >= 11 is 0. The van der Waals surface area contributed by atoms with E-state index < -0.39 is 0 Å². The second-order valence-electron chi connectivity index (χ2n) is 10.4. The first-order valence-corrected chi connectivity index (χ1v) is 10.3. The van der Waals surface area contributed by atoms with Crippen LogP contribution in [-0.4, -0.2) is 25.2 Å². The summed E-state index contributed by atoms with van der Waals surface area (Å²) in [6, 6.07) is 0. The quantitative estimate of drug-likeness (QED) is 0.528. The molecule has 0 aromatic rings.